The smallest absolute Gasteiger partial charge is 0.356 e. The van der Waals surface area contributed by atoms with Crippen molar-refractivity contribution in [3.8, 4) is 16.8 Å². The summed E-state index contributed by atoms with van der Waals surface area (Å²) in [5.41, 5.74) is 7.84. The molecule has 7 nitrogen and oxygen atoms in total. The summed E-state index contributed by atoms with van der Waals surface area (Å²) in [4.78, 5) is 22.6. The van der Waals surface area contributed by atoms with Gasteiger partial charge in [-0.1, -0.05) is 35.5 Å². The summed E-state index contributed by atoms with van der Waals surface area (Å²) < 4.78 is 1.23. The van der Waals surface area contributed by atoms with Crippen LogP contribution < -0.4 is 5.73 Å². The Morgan fingerprint density at radius 2 is 1.74 bits per heavy atom. The number of rotatable bonds is 4. The zero-order valence-electron chi connectivity index (χ0n) is 11.9. The quantitative estimate of drug-likeness (QED) is 0.762. The van der Waals surface area contributed by atoms with E-state index in [0.717, 1.165) is 5.56 Å². The molecular weight excluding hydrogens is 296 g/mol. The molecule has 1 aromatic heterocycles. The van der Waals surface area contributed by atoms with Crippen molar-refractivity contribution in [1.29, 1.82) is 0 Å². The van der Waals surface area contributed by atoms with E-state index in [1.165, 1.54) is 10.9 Å². The molecule has 0 unspecified atom stereocenters. The van der Waals surface area contributed by atoms with Gasteiger partial charge in [-0.05, 0) is 29.3 Å². The summed E-state index contributed by atoms with van der Waals surface area (Å²) in [5.74, 6) is -1.62. The van der Waals surface area contributed by atoms with Gasteiger partial charge in [0.1, 0.15) is 0 Å². The van der Waals surface area contributed by atoms with E-state index < -0.39 is 11.9 Å². The Balaban J connectivity index is 2.02. The summed E-state index contributed by atoms with van der Waals surface area (Å²) >= 11 is 0. The molecule has 0 saturated carbocycles. The molecule has 23 heavy (non-hydrogen) atoms. The van der Waals surface area contributed by atoms with E-state index >= 15 is 0 Å². The Hall–Kier alpha value is -3.48. The fourth-order valence-corrected chi connectivity index (χ4v) is 2.30. The van der Waals surface area contributed by atoms with Crippen LogP contribution in [0.15, 0.2) is 54.7 Å². The van der Waals surface area contributed by atoms with Gasteiger partial charge in [-0.3, -0.25) is 4.79 Å². The standard InChI is InChI=1S/C16H12N4O3/c17-15(21)13-4-2-1-3-12(13)10-5-7-11(8-6-10)20-14(16(22)23)9-18-19-20/h1-9H,(H2,17,21)(H,22,23). The maximum absolute atomic E-state index is 11.5. The molecule has 0 aliphatic heterocycles. The minimum Gasteiger partial charge on any atom is -0.476 e. The first kappa shape index (κ1) is 14.5. The number of aromatic nitrogens is 3. The predicted octanol–water partition coefficient (Wildman–Crippen LogP) is 1.73. The fourth-order valence-electron chi connectivity index (χ4n) is 2.30. The number of carbonyl (C=O) groups excluding carboxylic acids is 1. The van der Waals surface area contributed by atoms with Crippen molar-refractivity contribution in [2.45, 2.75) is 0 Å². The molecule has 114 valence electrons. The van der Waals surface area contributed by atoms with E-state index in [1.807, 2.05) is 6.07 Å². The minimum atomic E-state index is -1.11. The third kappa shape index (κ3) is 2.67. The molecule has 3 rings (SSSR count). The van der Waals surface area contributed by atoms with Gasteiger partial charge in [0.2, 0.25) is 5.91 Å². The molecule has 0 radical (unpaired) electrons. The number of nitrogens with zero attached hydrogens (tertiary/aromatic N) is 3. The van der Waals surface area contributed by atoms with Crippen molar-refractivity contribution < 1.29 is 14.7 Å². The SMILES string of the molecule is NC(=O)c1ccccc1-c1ccc(-n2nncc2C(=O)O)cc1. The van der Waals surface area contributed by atoms with Gasteiger partial charge in [-0.2, -0.15) is 0 Å². The molecular formula is C16H12N4O3. The number of benzene rings is 2. The number of aromatic carboxylic acids is 1. The maximum atomic E-state index is 11.5. The summed E-state index contributed by atoms with van der Waals surface area (Å²) in [5, 5.41) is 16.5. The molecule has 0 saturated heterocycles. The lowest BCUT2D eigenvalue weighted by Gasteiger charge is -2.08. The Labute approximate surface area is 131 Å². The number of carboxylic acids is 1. The van der Waals surface area contributed by atoms with Crippen LogP contribution in [0, 0.1) is 0 Å². The number of carbonyl (C=O) groups is 2. The lowest BCUT2D eigenvalue weighted by Crippen LogP contribution is -2.12. The molecule has 0 aliphatic carbocycles. The molecule has 2 aromatic carbocycles. The van der Waals surface area contributed by atoms with Gasteiger partial charge in [0.15, 0.2) is 5.69 Å². The Kier molecular flexibility index (Phi) is 3.60. The van der Waals surface area contributed by atoms with Crippen LogP contribution in [0.1, 0.15) is 20.8 Å². The van der Waals surface area contributed by atoms with Crippen LogP contribution in [0.2, 0.25) is 0 Å². The zero-order chi connectivity index (χ0) is 16.4. The number of nitrogens with two attached hydrogens (primary N) is 1. The van der Waals surface area contributed by atoms with Gasteiger partial charge in [-0.25, -0.2) is 9.48 Å². The van der Waals surface area contributed by atoms with Crippen LogP contribution in [0.25, 0.3) is 16.8 Å². The van der Waals surface area contributed by atoms with Crippen molar-refractivity contribution >= 4 is 11.9 Å². The van der Waals surface area contributed by atoms with Crippen molar-refractivity contribution in [2.75, 3.05) is 0 Å². The maximum Gasteiger partial charge on any atom is 0.356 e. The van der Waals surface area contributed by atoms with Crippen molar-refractivity contribution in [1.82, 2.24) is 15.0 Å². The first-order valence-corrected chi connectivity index (χ1v) is 6.71. The van der Waals surface area contributed by atoms with Crippen molar-refractivity contribution in [3.63, 3.8) is 0 Å². The normalized spacial score (nSPS) is 10.4. The predicted molar refractivity (Wildman–Crippen MR) is 82.3 cm³/mol. The third-order valence-corrected chi connectivity index (χ3v) is 3.38. The summed E-state index contributed by atoms with van der Waals surface area (Å²) in [6, 6.07) is 14.0. The monoisotopic (exact) mass is 308 g/mol. The molecule has 1 amide bonds. The van der Waals surface area contributed by atoms with Gasteiger partial charge in [0.25, 0.3) is 0 Å². The number of amides is 1. The van der Waals surface area contributed by atoms with Gasteiger partial charge in [-0.15, -0.1) is 5.10 Å². The lowest BCUT2D eigenvalue weighted by molar-refractivity contribution is 0.0686. The average Bonchev–Trinajstić information content (AvgIpc) is 3.05. The van der Waals surface area contributed by atoms with Crippen LogP contribution in [-0.4, -0.2) is 32.0 Å². The average molecular weight is 308 g/mol. The van der Waals surface area contributed by atoms with Gasteiger partial charge in [0, 0.05) is 5.56 Å². The number of primary amides is 1. The van der Waals surface area contributed by atoms with E-state index in [2.05, 4.69) is 10.3 Å². The second-order valence-corrected chi connectivity index (χ2v) is 4.79. The van der Waals surface area contributed by atoms with Crippen LogP contribution in [-0.2, 0) is 0 Å². The molecule has 0 spiro atoms. The molecule has 1 heterocycles. The first-order valence-electron chi connectivity index (χ1n) is 6.71. The van der Waals surface area contributed by atoms with E-state index in [4.69, 9.17) is 10.8 Å². The summed E-state index contributed by atoms with van der Waals surface area (Å²) in [6.45, 7) is 0. The molecule has 7 heteroatoms. The summed E-state index contributed by atoms with van der Waals surface area (Å²) in [6.07, 6.45) is 1.18. The van der Waals surface area contributed by atoms with E-state index in [9.17, 15) is 9.59 Å². The van der Waals surface area contributed by atoms with Crippen LogP contribution in [0.3, 0.4) is 0 Å². The van der Waals surface area contributed by atoms with E-state index in [1.54, 1.807) is 42.5 Å². The third-order valence-electron chi connectivity index (χ3n) is 3.38. The second kappa shape index (κ2) is 5.72. The lowest BCUT2D eigenvalue weighted by atomic mass is 9.99. The first-order chi connectivity index (χ1) is 11.1. The number of hydrogen-bond donors (Lipinski definition) is 2. The minimum absolute atomic E-state index is 0.0321. The molecule has 0 atom stereocenters. The van der Waals surface area contributed by atoms with Gasteiger partial charge in [0.05, 0.1) is 11.9 Å². The van der Waals surface area contributed by atoms with Crippen molar-refractivity contribution in [2.24, 2.45) is 5.73 Å². The largest absolute Gasteiger partial charge is 0.476 e. The Bertz CT molecular complexity index is 884. The Morgan fingerprint density at radius 3 is 2.39 bits per heavy atom. The molecule has 3 N–H and O–H groups in total. The Morgan fingerprint density at radius 1 is 1.04 bits per heavy atom. The number of hydrogen-bond acceptors (Lipinski definition) is 4. The van der Waals surface area contributed by atoms with Crippen molar-refractivity contribution in [3.05, 3.63) is 66.0 Å². The molecule has 3 aromatic rings. The fraction of sp³-hybridized carbons (Fsp3) is 0. The zero-order valence-corrected chi connectivity index (χ0v) is 11.9. The summed E-state index contributed by atoms with van der Waals surface area (Å²) in [7, 11) is 0. The van der Waals surface area contributed by atoms with Crippen LogP contribution in [0.5, 0.6) is 0 Å². The highest BCUT2D eigenvalue weighted by Crippen LogP contribution is 2.24. The van der Waals surface area contributed by atoms with Crippen LogP contribution >= 0.6 is 0 Å². The molecule has 0 fully saturated rings. The van der Waals surface area contributed by atoms with Gasteiger partial charge < -0.3 is 10.8 Å². The highest BCUT2D eigenvalue weighted by molar-refractivity contribution is 5.99. The van der Waals surface area contributed by atoms with Crippen LogP contribution in [0.4, 0.5) is 0 Å². The van der Waals surface area contributed by atoms with E-state index in [0.29, 0.717) is 16.8 Å². The second-order valence-electron chi connectivity index (χ2n) is 4.79. The van der Waals surface area contributed by atoms with E-state index in [-0.39, 0.29) is 5.69 Å². The topological polar surface area (TPSA) is 111 Å². The number of carboxylic acid groups (broad SMARTS) is 1. The highest BCUT2D eigenvalue weighted by atomic mass is 16.4. The molecule has 0 aliphatic rings. The molecule has 0 bridgehead atoms. The van der Waals surface area contributed by atoms with Gasteiger partial charge >= 0.3 is 5.97 Å². The highest BCUT2D eigenvalue weighted by Gasteiger charge is 2.14.